The lowest BCUT2D eigenvalue weighted by molar-refractivity contribution is -0.123. The van der Waals surface area contributed by atoms with Gasteiger partial charge in [-0.2, -0.15) is 0 Å². The van der Waals surface area contributed by atoms with Gasteiger partial charge in [-0.15, -0.1) is 0 Å². The Balaban J connectivity index is 2.09. The molecule has 2 amide bonds. The fourth-order valence-corrected chi connectivity index (χ4v) is 2.04. The van der Waals surface area contributed by atoms with Gasteiger partial charge in [-0.25, -0.2) is 0 Å². The average Bonchev–Trinajstić information content (AvgIpc) is 3.31. The molecule has 2 N–H and O–H groups in total. The molecule has 2 rings (SSSR count). The summed E-state index contributed by atoms with van der Waals surface area (Å²) in [5, 5.41) is 0.273. The van der Waals surface area contributed by atoms with Crippen LogP contribution < -0.4 is 20.3 Å². The minimum absolute atomic E-state index is 0.0174. The molecule has 0 atom stereocenters. The van der Waals surface area contributed by atoms with Crippen molar-refractivity contribution in [1.29, 1.82) is 0 Å². The summed E-state index contributed by atoms with van der Waals surface area (Å²) in [7, 11) is 1.46. The number of hydrazine groups is 1. The molecule has 0 bridgehead atoms. The van der Waals surface area contributed by atoms with Crippen LogP contribution in [0.3, 0.4) is 0 Å². The predicted octanol–water partition coefficient (Wildman–Crippen LogP) is 1.92. The number of hydrogen-bond acceptors (Lipinski definition) is 4. The second-order valence-electron chi connectivity index (χ2n) is 4.64. The molecule has 0 spiro atoms. The molecule has 1 aliphatic rings. The quantitative estimate of drug-likeness (QED) is 0.814. The first-order valence-corrected chi connectivity index (χ1v) is 7.05. The van der Waals surface area contributed by atoms with E-state index in [4.69, 9.17) is 21.1 Å². The van der Waals surface area contributed by atoms with E-state index in [1.165, 1.54) is 19.2 Å². The second kappa shape index (κ2) is 6.67. The first-order valence-electron chi connectivity index (χ1n) is 6.67. The number of nitrogens with one attached hydrogen (secondary N) is 2. The summed E-state index contributed by atoms with van der Waals surface area (Å²) in [6.45, 7) is 2.25. The number of benzene rings is 1. The Morgan fingerprint density at radius 2 is 2.05 bits per heavy atom. The highest BCUT2D eigenvalue weighted by Gasteiger charge is 2.29. The third-order valence-corrected chi connectivity index (χ3v) is 3.31. The fourth-order valence-electron chi connectivity index (χ4n) is 1.77. The number of amides is 2. The van der Waals surface area contributed by atoms with Gasteiger partial charge in [0.15, 0.2) is 11.5 Å². The van der Waals surface area contributed by atoms with Crippen molar-refractivity contribution in [1.82, 2.24) is 10.9 Å². The highest BCUT2D eigenvalue weighted by molar-refractivity contribution is 6.32. The van der Waals surface area contributed by atoms with Crippen LogP contribution in [0.4, 0.5) is 0 Å². The Hall–Kier alpha value is -1.95. The molecule has 0 radical (unpaired) electrons. The fraction of sp³-hybridized carbons (Fsp3) is 0.429. The van der Waals surface area contributed by atoms with E-state index in [2.05, 4.69) is 10.9 Å². The lowest BCUT2D eigenvalue weighted by atomic mass is 10.2. The third-order valence-electron chi connectivity index (χ3n) is 3.03. The normalized spacial score (nSPS) is 13.5. The van der Waals surface area contributed by atoms with Crippen LogP contribution >= 0.6 is 11.6 Å². The van der Waals surface area contributed by atoms with Gasteiger partial charge in [0, 0.05) is 11.5 Å². The maximum absolute atomic E-state index is 12.0. The van der Waals surface area contributed by atoms with Gasteiger partial charge in [0.2, 0.25) is 5.91 Å². The average molecular weight is 313 g/mol. The highest BCUT2D eigenvalue weighted by atomic mass is 35.5. The number of rotatable bonds is 5. The minimum Gasteiger partial charge on any atom is -0.493 e. The van der Waals surface area contributed by atoms with Crippen LogP contribution in [0.1, 0.15) is 30.1 Å². The predicted molar refractivity (Wildman–Crippen MR) is 77.5 cm³/mol. The number of carbonyl (C=O) groups excluding carboxylic acids is 2. The van der Waals surface area contributed by atoms with E-state index in [1.807, 2.05) is 6.92 Å². The van der Waals surface area contributed by atoms with Crippen molar-refractivity contribution in [2.24, 2.45) is 5.92 Å². The molecule has 0 aromatic heterocycles. The smallest absolute Gasteiger partial charge is 0.269 e. The summed E-state index contributed by atoms with van der Waals surface area (Å²) in [6, 6.07) is 2.98. The molecule has 1 fully saturated rings. The monoisotopic (exact) mass is 312 g/mol. The number of hydrogen-bond donors (Lipinski definition) is 2. The topological polar surface area (TPSA) is 76.7 Å². The van der Waals surface area contributed by atoms with Crippen molar-refractivity contribution in [2.45, 2.75) is 19.8 Å². The molecule has 6 nitrogen and oxygen atoms in total. The summed E-state index contributed by atoms with van der Waals surface area (Å²) >= 11 is 6.09. The van der Waals surface area contributed by atoms with E-state index >= 15 is 0 Å². The van der Waals surface area contributed by atoms with Crippen LogP contribution in [-0.4, -0.2) is 25.5 Å². The first-order chi connectivity index (χ1) is 10.1. The Bertz CT molecular complexity index is 558. The number of carbonyl (C=O) groups is 2. The van der Waals surface area contributed by atoms with E-state index in [0.717, 1.165) is 12.8 Å². The van der Waals surface area contributed by atoms with E-state index in [-0.39, 0.29) is 22.4 Å². The van der Waals surface area contributed by atoms with Gasteiger partial charge in [-0.05, 0) is 31.9 Å². The summed E-state index contributed by atoms with van der Waals surface area (Å²) in [6.07, 6.45) is 1.73. The molecule has 0 saturated heterocycles. The number of halogens is 1. The van der Waals surface area contributed by atoms with E-state index in [9.17, 15) is 9.59 Å². The van der Waals surface area contributed by atoms with Crippen LogP contribution in [-0.2, 0) is 4.79 Å². The lowest BCUT2D eigenvalue weighted by Crippen LogP contribution is -2.42. The molecule has 1 aromatic rings. The minimum atomic E-state index is -0.466. The largest absolute Gasteiger partial charge is 0.493 e. The second-order valence-corrected chi connectivity index (χ2v) is 5.05. The Kier molecular flexibility index (Phi) is 4.90. The third kappa shape index (κ3) is 3.78. The molecule has 0 heterocycles. The van der Waals surface area contributed by atoms with Crippen LogP contribution in [0, 0.1) is 5.92 Å². The summed E-state index contributed by atoms with van der Waals surface area (Å²) < 4.78 is 10.5. The molecule has 1 aromatic carbocycles. The van der Waals surface area contributed by atoms with Crippen molar-refractivity contribution >= 4 is 23.4 Å². The van der Waals surface area contributed by atoms with Crippen molar-refractivity contribution in [3.05, 3.63) is 22.7 Å². The van der Waals surface area contributed by atoms with Crippen LogP contribution in [0.2, 0.25) is 5.02 Å². The van der Waals surface area contributed by atoms with Gasteiger partial charge in [0.25, 0.3) is 5.91 Å². The van der Waals surface area contributed by atoms with Crippen molar-refractivity contribution in [3.8, 4) is 11.5 Å². The molecule has 1 saturated carbocycles. The molecule has 7 heteroatoms. The summed E-state index contributed by atoms with van der Waals surface area (Å²) in [5.74, 6) is 0.131. The standard InChI is InChI=1S/C14H17ClN2O4/c1-3-21-12-10(15)6-9(7-11(12)20-2)14(19)17-16-13(18)8-4-5-8/h6-8H,3-5H2,1-2H3,(H,16,18)(H,17,19). The first kappa shape index (κ1) is 15.4. The maximum atomic E-state index is 12.0. The molecule has 0 aliphatic heterocycles. The van der Waals surface area contributed by atoms with E-state index in [0.29, 0.717) is 18.1 Å². The van der Waals surface area contributed by atoms with Gasteiger partial charge >= 0.3 is 0 Å². The molecule has 114 valence electrons. The Morgan fingerprint density at radius 1 is 1.33 bits per heavy atom. The zero-order valence-electron chi connectivity index (χ0n) is 11.9. The van der Waals surface area contributed by atoms with Gasteiger partial charge in [-0.1, -0.05) is 11.6 Å². The van der Waals surface area contributed by atoms with Crippen LogP contribution in [0.15, 0.2) is 12.1 Å². The van der Waals surface area contributed by atoms with Crippen molar-refractivity contribution in [2.75, 3.05) is 13.7 Å². The lowest BCUT2D eigenvalue weighted by Gasteiger charge is -2.13. The zero-order valence-corrected chi connectivity index (χ0v) is 12.6. The van der Waals surface area contributed by atoms with Crippen LogP contribution in [0.25, 0.3) is 0 Å². The highest BCUT2D eigenvalue weighted by Crippen LogP contribution is 2.36. The van der Waals surface area contributed by atoms with Gasteiger partial charge in [0.1, 0.15) is 0 Å². The van der Waals surface area contributed by atoms with Gasteiger partial charge < -0.3 is 9.47 Å². The molecule has 1 aliphatic carbocycles. The molecule has 0 unspecified atom stereocenters. The maximum Gasteiger partial charge on any atom is 0.269 e. The summed E-state index contributed by atoms with van der Waals surface area (Å²) in [4.78, 5) is 23.5. The van der Waals surface area contributed by atoms with Crippen molar-refractivity contribution in [3.63, 3.8) is 0 Å². The SMILES string of the molecule is CCOc1c(Cl)cc(C(=O)NNC(=O)C2CC2)cc1OC. The van der Waals surface area contributed by atoms with E-state index < -0.39 is 5.91 Å². The van der Waals surface area contributed by atoms with E-state index in [1.54, 1.807) is 0 Å². The van der Waals surface area contributed by atoms with Crippen molar-refractivity contribution < 1.29 is 19.1 Å². The van der Waals surface area contributed by atoms with Gasteiger partial charge in [-0.3, -0.25) is 20.4 Å². The zero-order chi connectivity index (χ0) is 15.4. The molecular weight excluding hydrogens is 296 g/mol. The Labute approximate surface area is 127 Å². The number of methoxy groups -OCH3 is 1. The molecular formula is C14H17ClN2O4. The van der Waals surface area contributed by atoms with Crippen LogP contribution in [0.5, 0.6) is 11.5 Å². The Morgan fingerprint density at radius 3 is 2.62 bits per heavy atom. The van der Waals surface area contributed by atoms with Gasteiger partial charge in [0.05, 0.1) is 18.7 Å². The summed E-state index contributed by atoms with van der Waals surface area (Å²) in [5.41, 5.74) is 5.02. The number of ether oxygens (including phenoxy) is 2. The molecule has 21 heavy (non-hydrogen) atoms.